The average Bonchev–Trinajstić information content (AvgIpc) is 3.47. The number of aryl methyl sites for hydroxylation is 2. The molecule has 158 valence electrons. The highest BCUT2D eigenvalue weighted by atomic mass is 15.5. The van der Waals surface area contributed by atoms with E-state index in [9.17, 15) is 0 Å². The van der Waals surface area contributed by atoms with Gasteiger partial charge < -0.3 is 0 Å². The Balaban J connectivity index is 1.56. The summed E-state index contributed by atoms with van der Waals surface area (Å²) in [6, 6.07) is 16.7. The summed E-state index contributed by atoms with van der Waals surface area (Å²) in [6.07, 6.45) is 6.87. The number of H-pyrrole nitrogens is 1. The van der Waals surface area contributed by atoms with E-state index in [0.717, 1.165) is 60.4 Å². The molecule has 2 heterocycles. The van der Waals surface area contributed by atoms with E-state index >= 15 is 0 Å². The number of benzene rings is 2. The zero-order valence-corrected chi connectivity index (χ0v) is 17.8. The first kappa shape index (κ1) is 20.7. The van der Waals surface area contributed by atoms with E-state index in [1.54, 1.807) is 0 Å². The molecule has 0 saturated carbocycles. The van der Waals surface area contributed by atoms with Crippen LogP contribution in [-0.2, 0) is 19.4 Å². The summed E-state index contributed by atoms with van der Waals surface area (Å²) in [5.74, 6) is 2.62. The zero-order chi connectivity index (χ0) is 21.5. The van der Waals surface area contributed by atoms with Gasteiger partial charge in [-0.2, -0.15) is 5.10 Å². The van der Waals surface area contributed by atoms with Gasteiger partial charge in [0.1, 0.15) is 5.82 Å². The van der Waals surface area contributed by atoms with Crippen molar-refractivity contribution in [1.82, 2.24) is 35.4 Å². The second-order valence-corrected chi connectivity index (χ2v) is 7.53. The molecule has 0 saturated heterocycles. The van der Waals surface area contributed by atoms with Gasteiger partial charge in [0.25, 0.3) is 0 Å². The van der Waals surface area contributed by atoms with Crippen LogP contribution in [0.2, 0.25) is 0 Å². The molecule has 0 aliphatic heterocycles. The third-order valence-corrected chi connectivity index (χ3v) is 5.24. The molecule has 0 amide bonds. The highest BCUT2D eigenvalue weighted by Crippen LogP contribution is 2.29. The minimum atomic E-state index is 0.661. The highest BCUT2D eigenvalue weighted by molar-refractivity contribution is 5.80. The minimum absolute atomic E-state index is 0.661. The lowest BCUT2D eigenvalue weighted by molar-refractivity contribution is 0.626. The first-order chi connectivity index (χ1) is 15.3. The topological polar surface area (TPSA) is 85.2 Å². The molecule has 0 atom stereocenters. The van der Waals surface area contributed by atoms with Crippen LogP contribution in [0.5, 0.6) is 0 Å². The molecule has 0 radical (unpaired) electrons. The van der Waals surface area contributed by atoms with Crippen LogP contribution >= 0.6 is 0 Å². The van der Waals surface area contributed by atoms with E-state index in [1.165, 1.54) is 5.56 Å². The molecule has 0 bridgehead atoms. The van der Waals surface area contributed by atoms with Gasteiger partial charge in [-0.15, -0.1) is 11.7 Å². The third-order valence-electron chi connectivity index (χ3n) is 5.24. The smallest absolute Gasteiger partial charge is 0.180 e. The van der Waals surface area contributed by atoms with Crippen LogP contribution in [0.15, 0.2) is 61.2 Å². The number of rotatable bonds is 10. The Kier molecular flexibility index (Phi) is 6.62. The molecule has 2 aromatic heterocycles. The Morgan fingerprint density at radius 1 is 1.03 bits per heavy atom. The Labute approximate surface area is 182 Å². The maximum Gasteiger partial charge on any atom is 0.180 e. The van der Waals surface area contributed by atoms with Crippen LogP contribution in [-0.4, -0.2) is 35.4 Å². The van der Waals surface area contributed by atoms with Gasteiger partial charge in [-0.1, -0.05) is 68.0 Å². The Morgan fingerprint density at radius 3 is 2.55 bits per heavy atom. The number of hydrogen-bond donors (Lipinski definition) is 1. The maximum absolute atomic E-state index is 4.77. The van der Waals surface area contributed by atoms with Gasteiger partial charge in [0.05, 0.1) is 6.54 Å². The van der Waals surface area contributed by atoms with E-state index in [1.807, 2.05) is 29.0 Å². The van der Waals surface area contributed by atoms with Crippen LogP contribution in [0.4, 0.5) is 0 Å². The zero-order valence-electron chi connectivity index (χ0n) is 17.8. The lowest BCUT2D eigenvalue weighted by Crippen LogP contribution is -2.07. The average molecular weight is 414 g/mol. The molecule has 4 rings (SSSR count). The molecular weight excluding hydrogens is 386 g/mol. The predicted octanol–water partition coefficient (Wildman–Crippen LogP) is 4.63. The third kappa shape index (κ3) is 4.94. The van der Waals surface area contributed by atoms with E-state index in [2.05, 4.69) is 64.5 Å². The fourth-order valence-corrected chi connectivity index (χ4v) is 3.59. The number of aromatic amines is 1. The molecule has 31 heavy (non-hydrogen) atoms. The first-order valence-electron chi connectivity index (χ1n) is 10.7. The standard InChI is InChI=1S/C24H27N7/c1-3-5-11-22-25-23(12-6-4-2)31(28-22)17-18-13-15-19(16-14-18)20-9-7-8-10-21(20)24-26-29-30-27-24/h4,7-10,13-16H,2-3,5-6,11-12,17H2,1H3,(H,26,27,29,30). The summed E-state index contributed by atoms with van der Waals surface area (Å²) < 4.78 is 2.04. The van der Waals surface area contributed by atoms with Gasteiger partial charge in [-0.25, -0.2) is 14.8 Å². The fourth-order valence-electron chi connectivity index (χ4n) is 3.59. The predicted molar refractivity (Wildman–Crippen MR) is 121 cm³/mol. The normalized spacial score (nSPS) is 11.0. The number of nitrogens with one attached hydrogen (secondary N) is 1. The van der Waals surface area contributed by atoms with Gasteiger partial charge in [0.2, 0.25) is 0 Å². The summed E-state index contributed by atoms with van der Waals surface area (Å²) in [5.41, 5.74) is 4.37. The summed E-state index contributed by atoms with van der Waals surface area (Å²) in [7, 11) is 0. The minimum Gasteiger partial charge on any atom is -0.245 e. The van der Waals surface area contributed by atoms with Crippen molar-refractivity contribution in [3.05, 3.63) is 78.4 Å². The molecular formula is C24H27N7. The largest absolute Gasteiger partial charge is 0.245 e. The summed E-state index contributed by atoms with van der Waals surface area (Å²) in [5, 5.41) is 19.1. The molecule has 0 unspecified atom stereocenters. The molecule has 0 aliphatic carbocycles. The van der Waals surface area contributed by atoms with Crippen molar-refractivity contribution in [3.8, 4) is 22.5 Å². The highest BCUT2D eigenvalue weighted by Gasteiger charge is 2.12. The van der Waals surface area contributed by atoms with Crippen molar-refractivity contribution in [2.24, 2.45) is 0 Å². The molecule has 7 heteroatoms. The number of allylic oxidation sites excluding steroid dienone is 1. The van der Waals surface area contributed by atoms with Gasteiger partial charge in [0.15, 0.2) is 11.6 Å². The summed E-state index contributed by atoms with van der Waals surface area (Å²) in [4.78, 5) is 4.77. The molecule has 0 spiro atoms. The monoisotopic (exact) mass is 413 g/mol. The second-order valence-electron chi connectivity index (χ2n) is 7.53. The Hall–Kier alpha value is -3.61. The van der Waals surface area contributed by atoms with Gasteiger partial charge in [-0.3, -0.25) is 0 Å². The van der Waals surface area contributed by atoms with E-state index in [4.69, 9.17) is 10.1 Å². The molecule has 7 nitrogen and oxygen atoms in total. The van der Waals surface area contributed by atoms with Crippen LogP contribution < -0.4 is 0 Å². The van der Waals surface area contributed by atoms with Crippen molar-refractivity contribution in [3.63, 3.8) is 0 Å². The van der Waals surface area contributed by atoms with E-state index < -0.39 is 0 Å². The molecule has 4 aromatic rings. The van der Waals surface area contributed by atoms with E-state index in [-0.39, 0.29) is 0 Å². The Bertz CT molecular complexity index is 1110. The quantitative estimate of drug-likeness (QED) is 0.383. The van der Waals surface area contributed by atoms with Crippen LogP contribution in [0.1, 0.15) is 43.4 Å². The summed E-state index contributed by atoms with van der Waals surface area (Å²) in [6.45, 7) is 6.73. The van der Waals surface area contributed by atoms with Crippen LogP contribution in [0.25, 0.3) is 22.5 Å². The lowest BCUT2D eigenvalue weighted by atomic mass is 9.98. The SMILES string of the molecule is C=CCCc1nc(CCCC)nn1Cc1ccc(-c2ccccc2-c2nnn[nH]2)cc1. The van der Waals surface area contributed by atoms with Gasteiger partial charge in [-0.05, 0) is 40.0 Å². The van der Waals surface area contributed by atoms with Crippen molar-refractivity contribution in [2.45, 2.75) is 45.6 Å². The van der Waals surface area contributed by atoms with Crippen molar-refractivity contribution in [2.75, 3.05) is 0 Å². The Morgan fingerprint density at radius 2 is 1.84 bits per heavy atom. The van der Waals surface area contributed by atoms with Gasteiger partial charge in [0, 0.05) is 18.4 Å². The molecule has 0 aliphatic rings. The number of aromatic nitrogens is 7. The fraction of sp³-hybridized carbons (Fsp3) is 0.292. The van der Waals surface area contributed by atoms with Gasteiger partial charge >= 0.3 is 0 Å². The number of unbranched alkanes of at least 4 members (excludes halogenated alkanes) is 1. The summed E-state index contributed by atoms with van der Waals surface area (Å²) >= 11 is 0. The second kappa shape index (κ2) is 9.93. The van der Waals surface area contributed by atoms with Crippen molar-refractivity contribution in [1.29, 1.82) is 0 Å². The number of hydrogen-bond acceptors (Lipinski definition) is 5. The first-order valence-corrected chi connectivity index (χ1v) is 10.7. The number of nitrogens with zero attached hydrogens (tertiary/aromatic N) is 6. The number of tetrazole rings is 1. The van der Waals surface area contributed by atoms with Crippen molar-refractivity contribution < 1.29 is 0 Å². The molecule has 0 fully saturated rings. The lowest BCUT2D eigenvalue weighted by Gasteiger charge is -2.09. The molecule has 2 aromatic carbocycles. The van der Waals surface area contributed by atoms with Crippen LogP contribution in [0.3, 0.4) is 0 Å². The molecule has 1 N–H and O–H groups in total. The van der Waals surface area contributed by atoms with Crippen LogP contribution in [0, 0.1) is 0 Å². The maximum atomic E-state index is 4.77. The van der Waals surface area contributed by atoms with E-state index in [0.29, 0.717) is 12.4 Å². The van der Waals surface area contributed by atoms with Crippen molar-refractivity contribution >= 4 is 0 Å².